The zero-order valence-electron chi connectivity index (χ0n) is 37.1. The van der Waals surface area contributed by atoms with Crippen molar-refractivity contribution in [3.05, 3.63) is 91.7 Å². The molecular formula is C46H67BrF6N2O6Sn. The molecule has 2 aliphatic rings. The monoisotopic (exact) mass is 1060 g/mol. The molecule has 0 radical (unpaired) electrons. The summed E-state index contributed by atoms with van der Waals surface area (Å²) >= 11 is 1.05. The summed E-state index contributed by atoms with van der Waals surface area (Å²) in [6.45, 7) is 18.1. The molecular weight excluding hydrogens is 989 g/mol. The van der Waals surface area contributed by atoms with Crippen molar-refractivity contribution in [3.63, 3.8) is 0 Å². The molecule has 2 atom stereocenters. The van der Waals surface area contributed by atoms with Gasteiger partial charge in [0.1, 0.15) is 12.1 Å². The molecule has 0 aromatic carbocycles. The SMILES string of the molecule is C=CCc1cn(C(CC2CC2)C(=O)OCC)c(=O)cc1C(F)(F)F.C=C[CH2][Sn]([CH2]CCC)([CH2]CCC)[CH2]CCC.CCOC(=O)C(CC1CC1)n1cc(Br)c(C(F)(F)F)cc1=O. The number of aromatic nitrogens is 2. The number of pyridine rings is 2. The van der Waals surface area contributed by atoms with Crippen molar-refractivity contribution >= 4 is 46.2 Å². The van der Waals surface area contributed by atoms with Crippen LogP contribution in [0.1, 0.15) is 140 Å². The van der Waals surface area contributed by atoms with Crippen molar-refractivity contribution in [1.29, 1.82) is 0 Å². The van der Waals surface area contributed by atoms with Gasteiger partial charge in [0.25, 0.3) is 11.1 Å². The second kappa shape index (κ2) is 26.8. The number of carbonyl (C=O) groups excluding carboxylic acids is 2. The molecule has 0 N–H and O–H groups in total. The first-order valence-electron chi connectivity index (χ1n) is 22.1. The minimum atomic E-state index is -4.63. The summed E-state index contributed by atoms with van der Waals surface area (Å²) in [7, 11) is 0. The molecule has 2 aromatic rings. The van der Waals surface area contributed by atoms with Crippen LogP contribution in [-0.4, -0.2) is 52.7 Å². The molecule has 16 heteroatoms. The largest absolute Gasteiger partial charge is 0.464 e. The Morgan fingerprint density at radius 2 is 1.13 bits per heavy atom. The van der Waals surface area contributed by atoms with Gasteiger partial charge >= 0.3 is 132 Å². The Labute approximate surface area is 375 Å². The Morgan fingerprint density at radius 1 is 0.726 bits per heavy atom. The number of ether oxygens (including phenoxy) is 2. The number of unbranched alkanes of at least 4 members (excludes halogenated alkanes) is 3. The molecule has 2 unspecified atom stereocenters. The molecule has 350 valence electrons. The fourth-order valence-electron chi connectivity index (χ4n) is 7.51. The predicted octanol–water partition coefficient (Wildman–Crippen LogP) is 13.1. The van der Waals surface area contributed by atoms with Gasteiger partial charge in [-0.05, 0) is 66.4 Å². The van der Waals surface area contributed by atoms with Crippen LogP contribution in [0.15, 0.2) is 63.9 Å². The third kappa shape index (κ3) is 18.3. The predicted molar refractivity (Wildman–Crippen MR) is 239 cm³/mol. The van der Waals surface area contributed by atoms with E-state index >= 15 is 0 Å². The normalized spacial score (nSPS) is 15.0. The summed E-state index contributed by atoms with van der Waals surface area (Å²) < 4.78 is 95.8. The van der Waals surface area contributed by atoms with Crippen molar-refractivity contribution in [1.82, 2.24) is 9.13 Å². The van der Waals surface area contributed by atoms with Crippen LogP contribution in [0.5, 0.6) is 0 Å². The van der Waals surface area contributed by atoms with Gasteiger partial charge in [-0.3, -0.25) is 9.59 Å². The molecule has 0 amide bonds. The number of alkyl halides is 6. The van der Waals surface area contributed by atoms with E-state index in [1.54, 1.807) is 27.2 Å². The maximum atomic E-state index is 13.1. The van der Waals surface area contributed by atoms with Crippen LogP contribution in [0.25, 0.3) is 0 Å². The molecule has 4 rings (SSSR count). The van der Waals surface area contributed by atoms with E-state index < -0.39 is 77.0 Å². The van der Waals surface area contributed by atoms with Gasteiger partial charge in [-0.25, -0.2) is 9.59 Å². The van der Waals surface area contributed by atoms with Crippen LogP contribution < -0.4 is 11.1 Å². The Hall–Kier alpha value is -2.82. The number of allylic oxidation sites excluding steroid dienone is 2. The van der Waals surface area contributed by atoms with Crippen LogP contribution in [0.4, 0.5) is 26.3 Å². The zero-order chi connectivity index (χ0) is 46.7. The van der Waals surface area contributed by atoms with E-state index in [4.69, 9.17) is 9.47 Å². The van der Waals surface area contributed by atoms with Crippen molar-refractivity contribution < 1.29 is 45.4 Å². The fourth-order valence-corrected chi connectivity index (χ4v) is 23.2. The third-order valence-electron chi connectivity index (χ3n) is 11.2. The van der Waals surface area contributed by atoms with Crippen LogP contribution in [0, 0.1) is 11.8 Å². The molecule has 0 bridgehead atoms. The van der Waals surface area contributed by atoms with E-state index in [2.05, 4.69) is 55.9 Å². The summed E-state index contributed by atoms with van der Waals surface area (Å²) in [4.78, 5) is 48.5. The maximum absolute atomic E-state index is 13.1. The Morgan fingerprint density at radius 3 is 1.47 bits per heavy atom. The molecule has 0 spiro atoms. The van der Waals surface area contributed by atoms with Crippen LogP contribution in [-0.2, 0) is 37.8 Å². The molecule has 62 heavy (non-hydrogen) atoms. The Bertz CT molecular complexity index is 1830. The first-order valence-corrected chi connectivity index (χ1v) is 31.0. The number of carbonyl (C=O) groups is 2. The smallest absolute Gasteiger partial charge is 0.417 e. The summed E-state index contributed by atoms with van der Waals surface area (Å²) in [5, 5.41) is 0. The first-order chi connectivity index (χ1) is 29.3. The molecule has 0 saturated heterocycles. The van der Waals surface area contributed by atoms with Gasteiger partial charge in [0.15, 0.2) is 0 Å². The van der Waals surface area contributed by atoms with Crippen LogP contribution in [0.2, 0.25) is 17.7 Å². The summed E-state index contributed by atoms with van der Waals surface area (Å²) in [5.41, 5.74) is -3.84. The van der Waals surface area contributed by atoms with Crippen molar-refractivity contribution in [2.45, 2.75) is 160 Å². The number of halogens is 7. The minimum absolute atomic E-state index is 0.0475. The second-order valence-corrected chi connectivity index (χ2v) is 31.3. The quantitative estimate of drug-likeness (QED) is 0.0476. The zero-order valence-corrected chi connectivity index (χ0v) is 41.6. The Balaban J connectivity index is 0.000000327. The van der Waals surface area contributed by atoms with E-state index in [9.17, 15) is 45.5 Å². The standard InChI is InChI=1S/C17H20F3NO3.C14H15BrF3NO3.3C4H9.C3H5.Sn/c1-3-5-12-10-21(15(22)9-13(12)17(18,19)20)14(8-11-6-7-11)16(23)24-4-2;1-2-22-13(21)11(5-8-3-4-8)19-7-10(15)9(6-12(19)20)14(16,17)18;3*1-3-4-2;1-3-2;/h3,9-11,14H,1,4-8H2,2H3;6-8,11H,2-5H2,1H3;3*1,3-4H2,2H3;3H,1-2H2;. The van der Waals surface area contributed by atoms with Gasteiger partial charge in [0.05, 0.1) is 24.3 Å². The molecule has 2 fully saturated rings. The van der Waals surface area contributed by atoms with E-state index in [1.807, 2.05) is 0 Å². The summed E-state index contributed by atoms with van der Waals surface area (Å²) in [5.74, 6) is -0.571. The fraction of sp³-hybridized carbons (Fsp3) is 0.652. The third-order valence-corrected chi connectivity index (χ3v) is 27.3. The molecule has 2 aromatic heterocycles. The summed E-state index contributed by atoms with van der Waals surface area (Å²) in [6, 6.07) is -0.726. The average Bonchev–Trinajstić information content (AvgIpc) is 4.15. The topological polar surface area (TPSA) is 96.6 Å². The molecule has 0 aliphatic heterocycles. The molecule has 2 aliphatic carbocycles. The van der Waals surface area contributed by atoms with Gasteiger partial charge < -0.3 is 18.6 Å². The maximum Gasteiger partial charge on any atom is 0.417 e. The number of hydrogen-bond donors (Lipinski definition) is 0. The second-order valence-electron chi connectivity index (χ2n) is 16.4. The van der Waals surface area contributed by atoms with Gasteiger partial charge in [0.2, 0.25) is 0 Å². The molecule has 8 nitrogen and oxygen atoms in total. The van der Waals surface area contributed by atoms with Crippen molar-refractivity contribution in [3.8, 4) is 0 Å². The van der Waals surface area contributed by atoms with E-state index in [-0.39, 0.29) is 29.7 Å². The minimum Gasteiger partial charge on any atom is -0.464 e. The number of esters is 2. The first kappa shape index (κ1) is 55.3. The van der Waals surface area contributed by atoms with E-state index in [1.165, 1.54) is 49.0 Å². The van der Waals surface area contributed by atoms with Gasteiger partial charge in [-0.1, -0.05) is 31.8 Å². The van der Waals surface area contributed by atoms with Crippen LogP contribution >= 0.6 is 15.9 Å². The van der Waals surface area contributed by atoms with Gasteiger partial charge in [0, 0.05) is 29.0 Å². The van der Waals surface area contributed by atoms with Crippen LogP contribution in [0.3, 0.4) is 0 Å². The van der Waals surface area contributed by atoms with Crippen molar-refractivity contribution in [2.24, 2.45) is 11.8 Å². The van der Waals surface area contributed by atoms with E-state index in [0.29, 0.717) is 36.8 Å². The summed E-state index contributed by atoms with van der Waals surface area (Å²) in [6.07, 6.45) is 9.61. The average molecular weight is 1060 g/mol. The Kier molecular flexibility index (Phi) is 23.9. The number of rotatable bonds is 23. The molecule has 2 heterocycles. The number of nitrogens with zero attached hydrogens (tertiary/aromatic N) is 2. The van der Waals surface area contributed by atoms with Crippen molar-refractivity contribution in [2.75, 3.05) is 13.2 Å². The number of hydrogen-bond acceptors (Lipinski definition) is 6. The van der Waals surface area contributed by atoms with Gasteiger partial charge in [-0.15, -0.1) is 6.58 Å². The molecule has 2 saturated carbocycles. The van der Waals surface area contributed by atoms with Gasteiger partial charge in [-0.2, -0.15) is 26.3 Å². The van der Waals surface area contributed by atoms with E-state index in [0.717, 1.165) is 47.2 Å².